The maximum Gasteiger partial charge on any atom is 0.254 e. The average Bonchev–Trinajstić information content (AvgIpc) is 2.53. The van der Waals surface area contributed by atoms with Crippen molar-refractivity contribution in [3.8, 4) is 0 Å². The summed E-state index contributed by atoms with van der Waals surface area (Å²) in [6, 6.07) is 17.3. The van der Waals surface area contributed by atoms with E-state index in [1.165, 1.54) is 0 Å². The highest BCUT2D eigenvalue weighted by atomic mass is 35.5. The van der Waals surface area contributed by atoms with E-state index in [1.54, 1.807) is 24.3 Å². The number of rotatable bonds is 5. The Morgan fingerprint density at radius 1 is 1.10 bits per heavy atom. The number of hydrogen-bond donors (Lipinski definition) is 0. The first-order valence-corrected chi connectivity index (χ1v) is 7.60. The molecule has 21 heavy (non-hydrogen) atoms. The molecule has 2 aromatic rings. The molecule has 2 rings (SSSR count). The molecule has 0 aliphatic carbocycles. The molecule has 1 amide bonds. The third-order valence-electron chi connectivity index (χ3n) is 3.67. The molecule has 2 nitrogen and oxygen atoms in total. The van der Waals surface area contributed by atoms with Crippen LogP contribution in [0.15, 0.2) is 54.6 Å². The van der Waals surface area contributed by atoms with Gasteiger partial charge in [-0.05, 0) is 43.2 Å². The lowest BCUT2D eigenvalue weighted by Gasteiger charge is -2.29. The van der Waals surface area contributed by atoms with Crippen LogP contribution in [0.4, 0.5) is 0 Å². The van der Waals surface area contributed by atoms with Crippen LogP contribution in [0.5, 0.6) is 0 Å². The van der Waals surface area contributed by atoms with Crippen molar-refractivity contribution in [3.63, 3.8) is 0 Å². The summed E-state index contributed by atoms with van der Waals surface area (Å²) in [5, 5.41) is 0.643. The van der Waals surface area contributed by atoms with Gasteiger partial charge in [-0.1, -0.05) is 48.9 Å². The van der Waals surface area contributed by atoms with E-state index in [0.717, 1.165) is 12.0 Å². The molecule has 0 spiro atoms. The van der Waals surface area contributed by atoms with E-state index in [9.17, 15) is 4.79 Å². The van der Waals surface area contributed by atoms with E-state index in [2.05, 4.69) is 13.8 Å². The van der Waals surface area contributed by atoms with Crippen LogP contribution in [0.25, 0.3) is 0 Å². The number of carbonyl (C=O) groups is 1. The smallest absolute Gasteiger partial charge is 0.254 e. The van der Waals surface area contributed by atoms with Gasteiger partial charge in [-0.3, -0.25) is 4.79 Å². The molecule has 0 bridgehead atoms. The molecule has 0 saturated heterocycles. The minimum atomic E-state index is 0.0462. The Morgan fingerprint density at radius 2 is 1.71 bits per heavy atom. The SMILES string of the molecule is CCC(C)N(Cc1ccccc1)C(=O)c1ccc(Cl)cc1. The van der Waals surface area contributed by atoms with E-state index in [-0.39, 0.29) is 11.9 Å². The van der Waals surface area contributed by atoms with Crippen molar-refractivity contribution in [3.05, 3.63) is 70.7 Å². The first-order chi connectivity index (χ1) is 10.1. The second-order valence-corrected chi connectivity index (χ2v) is 5.62. The lowest BCUT2D eigenvalue weighted by atomic mass is 10.1. The first-order valence-electron chi connectivity index (χ1n) is 7.22. The number of nitrogens with zero attached hydrogens (tertiary/aromatic N) is 1. The molecule has 0 heterocycles. The summed E-state index contributed by atoms with van der Waals surface area (Å²) in [4.78, 5) is 14.7. The molecular formula is C18H20ClNO. The van der Waals surface area contributed by atoms with Crippen molar-refractivity contribution < 1.29 is 4.79 Å². The van der Waals surface area contributed by atoms with Gasteiger partial charge in [0, 0.05) is 23.2 Å². The predicted octanol–water partition coefficient (Wildman–Crippen LogP) is 4.78. The number of hydrogen-bond acceptors (Lipinski definition) is 1. The Morgan fingerprint density at radius 3 is 2.29 bits per heavy atom. The molecule has 3 heteroatoms. The van der Waals surface area contributed by atoms with Gasteiger partial charge in [0.25, 0.3) is 5.91 Å². The average molecular weight is 302 g/mol. The van der Waals surface area contributed by atoms with Crippen molar-refractivity contribution in [2.45, 2.75) is 32.9 Å². The molecule has 0 fully saturated rings. The Balaban J connectivity index is 2.23. The van der Waals surface area contributed by atoms with E-state index in [1.807, 2.05) is 35.2 Å². The quantitative estimate of drug-likeness (QED) is 0.778. The monoisotopic (exact) mass is 301 g/mol. The molecular weight excluding hydrogens is 282 g/mol. The summed E-state index contributed by atoms with van der Waals surface area (Å²) in [6.07, 6.45) is 0.923. The van der Waals surface area contributed by atoms with E-state index < -0.39 is 0 Å². The second kappa shape index (κ2) is 7.28. The highest BCUT2D eigenvalue weighted by Crippen LogP contribution is 2.17. The third-order valence-corrected chi connectivity index (χ3v) is 3.92. The third kappa shape index (κ3) is 4.08. The molecule has 0 aromatic heterocycles. The molecule has 0 saturated carbocycles. The van der Waals surface area contributed by atoms with E-state index in [0.29, 0.717) is 17.1 Å². The lowest BCUT2D eigenvalue weighted by molar-refractivity contribution is 0.0671. The van der Waals surface area contributed by atoms with Gasteiger partial charge in [0.15, 0.2) is 0 Å². The number of amides is 1. The fourth-order valence-electron chi connectivity index (χ4n) is 2.19. The zero-order chi connectivity index (χ0) is 15.2. The zero-order valence-electron chi connectivity index (χ0n) is 12.4. The summed E-state index contributed by atoms with van der Waals surface area (Å²) in [6.45, 7) is 4.80. The van der Waals surface area contributed by atoms with Gasteiger partial charge in [0.1, 0.15) is 0 Å². The highest BCUT2D eigenvalue weighted by Gasteiger charge is 2.20. The van der Waals surface area contributed by atoms with Gasteiger partial charge in [-0.2, -0.15) is 0 Å². The zero-order valence-corrected chi connectivity index (χ0v) is 13.2. The topological polar surface area (TPSA) is 20.3 Å². The van der Waals surface area contributed by atoms with E-state index in [4.69, 9.17) is 11.6 Å². The van der Waals surface area contributed by atoms with Crippen LogP contribution in [0.2, 0.25) is 5.02 Å². The molecule has 0 aliphatic rings. The number of benzene rings is 2. The van der Waals surface area contributed by atoms with Crippen molar-refractivity contribution >= 4 is 17.5 Å². The molecule has 0 radical (unpaired) electrons. The first kappa shape index (κ1) is 15.6. The Hall–Kier alpha value is -1.80. The molecule has 0 aliphatic heterocycles. The van der Waals surface area contributed by atoms with Crippen LogP contribution < -0.4 is 0 Å². The largest absolute Gasteiger partial charge is 0.332 e. The molecule has 0 N–H and O–H groups in total. The highest BCUT2D eigenvalue weighted by molar-refractivity contribution is 6.30. The molecule has 1 unspecified atom stereocenters. The maximum absolute atomic E-state index is 12.7. The maximum atomic E-state index is 12.7. The van der Waals surface area contributed by atoms with Crippen molar-refractivity contribution in [1.29, 1.82) is 0 Å². The van der Waals surface area contributed by atoms with Crippen LogP contribution in [-0.2, 0) is 6.54 Å². The van der Waals surface area contributed by atoms with Crippen LogP contribution in [0, 0.1) is 0 Å². The standard InChI is InChI=1S/C18H20ClNO/c1-3-14(2)20(13-15-7-5-4-6-8-15)18(21)16-9-11-17(19)12-10-16/h4-12,14H,3,13H2,1-2H3. The van der Waals surface area contributed by atoms with E-state index >= 15 is 0 Å². The van der Waals surface area contributed by atoms with Crippen LogP contribution >= 0.6 is 11.6 Å². The minimum Gasteiger partial charge on any atom is -0.332 e. The lowest BCUT2D eigenvalue weighted by Crippen LogP contribution is -2.37. The van der Waals surface area contributed by atoms with Gasteiger partial charge >= 0.3 is 0 Å². The summed E-state index contributed by atoms with van der Waals surface area (Å²) in [5.74, 6) is 0.0462. The second-order valence-electron chi connectivity index (χ2n) is 5.18. The molecule has 1 atom stereocenters. The van der Waals surface area contributed by atoms with Crippen molar-refractivity contribution in [1.82, 2.24) is 4.90 Å². The van der Waals surface area contributed by atoms with Gasteiger partial charge in [0.2, 0.25) is 0 Å². The summed E-state index contributed by atoms with van der Waals surface area (Å²) >= 11 is 5.89. The Labute approximate surface area is 131 Å². The molecule has 2 aromatic carbocycles. The normalized spacial score (nSPS) is 12.0. The van der Waals surface area contributed by atoms with Crippen LogP contribution in [0.1, 0.15) is 36.2 Å². The summed E-state index contributed by atoms with van der Waals surface area (Å²) < 4.78 is 0. The predicted molar refractivity (Wildman–Crippen MR) is 87.5 cm³/mol. The van der Waals surface area contributed by atoms with Gasteiger partial charge in [-0.25, -0.2) is 0 Å². The summed E-state index contributed by atoms with van der Waals surface area (Å²) in [5.41, 5.74) is 1.82. The van der Waals surface area contributed by atoms with Crippen LogP contribution in [-0.4, -0.2) is 16.8 Å². The van der Waals surface area contributed by atoms with Crippen LogP contribution in [0.3, 0.4) is 0 Å². The number of halogens is 1. The fourth-order valence-corrected chi connectivity index (χ4v) is 2.31. The van der Waals surface area contributed by atoms with Gasteiger partial charge in [-0.15, -0.1) is 0 Å². The number of carbonyl (C=O) groups excluding carboxylic acids is 1. The Bertz CT molecular complexity index is 580. The summed E-state index contributed by atoms with van der Waals surface area (Å²) in [7, 11) is 0. The minimum absolute atomic E-state index is 0.0462. The Kier molecular flexibility index (Phi) is 5.40. The fraction of sp³-hybridized carbons (Fsp3) is 0.278. The van der Waals surface area contributed by atoms with Gasteiger partial charge in [0.05, 0.1) is 0 Å². The molecule has 110 valence electrons. The van der Waals surface area contributed by atoms with Crippen molar-refractivity contribution in [2.75, 3.05) is 0 Å². The van der Waals surface area contributed by atoms with Gasteiger partial charge < -0.3 is 4.90 Å². The van der Waals surface area contributed by atoms with Crippen molar-refractivity contribution in [2.24, 2.45) is 0 Å².